The summed E-state index contributed by atoms with van der Waals surface area (Å²) in [7, 11) is 0. The SMILES string of the molecule is Cc1cc(-c2csc(-c3cccc(NC(=O)CN4CCOCC4)c3)n2)c(C)n1C1CC1. The summed E-state index contributed by atoms with van der Waals surface area (Å²) in [5.74, 6) is 0.00592. The van der Waals surface area contributed by atoms with E-state index in [-0.39, 0.29) is 5.91 Å². The van der Waals surface area contributed by atoms with Crippen molar-refractivity contribution in [1.29, 1.82) is 0 Å². The van der Waals surface area contributed by atoms with Crippen LogP contribution in [0.5, 0.6) is 0 Å². The molecule has 3 aromatic rings. The van der Waals surface area contributed by atoms with Gasteiger partial charge in [0, 0.05) is 52.7 Å². The Bertz CT molecular complexity index is 1090. The number of thiazole rings is 1. The summed E-state index contributed by atoms with van der Waals surface area (Å²) in [4.78, 5) is 19.5. The molecule has 7 heteroatoms. The molecule has 2 aromatic heterocycles. The van der Waals surface area contributed by atoms with Gasteiger partial charge in [-0.25, -0.2) is 4.98 Å². The van der Waals surface area contributed by atoms with Crippen molar-refractivity contribution < 1.29 is 9.53 Å². The van der Waals surface area contributed by atoms with E-state index in [1.54, 1.807) is 11.3 Å². The third-order valence-corrected chi connectivity index (χ3v) is 6.93. The topological polar surface area (TPSA) is 59.4 Å². The molecule has 1 saturated heterocycles. The summed E-state index contributed by atoms with van der Waals surface area (Å²) in [6.07, 6.45) is 2.56. The largest absolute Gasteiger partial charge is 0.379 e. The fourth-order valence-corrected chi connectivity index (χ4v) is 5.17. The Labute approximate surface area is 186 Å². The first-order valence-corrected chi connectivity index (χ1v) is 11.8. The van der Waals surface area contributed by atoms with E-state index in [0.717, 1.165) is 35.0 Å². The van der Waals surface area contributed by atoms with E-state index >= 15 is 0 Å². The standard InChI is InChI=1S/C24H28N4O2S/c1-16-12-21(17(2)28(16)20-6-7-20)22-15-31-24(26-22)18-4-3-5-19(13-18)25-23(29)14-27-8-10-30-11-9-27/h3-5,12-13,15,20H,6-11,14H2,1-2H3,(H,25,29). The van der Waals surface area contributed by atoms with Crippen molar-refractivity contribution in [3.05, 3.63) is 47.1 Å². The Kier molecular flexibility index (Phi) is 5.65. The van der Waals surface area contributed by atoms with Crippen molar-refractivity contribution in [3.8, 4) is 21.8 Å². The van der Waals surface area contributed by atoms with Gasteiger partial charge in [-0.2, -0.15) is 0 Å². The molecule has 0 unspecified atom stereocenters. The van der Waals surface area contributed by atoms with Crippen molar-refractivity contribution >= 4 is 22.9 Å². The first-order chi connectivity index (χ1) is 15.1. The number of nitrogens with zero attached hydrogens (tertiary/aromatic N) is 3. The second kappa shape index (κ2) is 8.57. The van der Waals surface area contributed by atoms with E-state index in [9.17, 15) is 4.79 Å². The van der Waals surface area contributed by atoms with E-state index in [4.69, 9.17) is 9.72 Å². The number of benzene rings is 1. The molecule has 1 amide bonds. The van der Waals surface area contributed by atoms with Gasteiger partial charge in [0.25, 0.3) is 0 Å². The lowest BCUT2D eigenvalue weighted by Gasteiger charge is -2.25. The molecule has 0 spiro atoms. The number of hydrogen-bond donors (Lipinski definition) is 1. The number of aromatic nitrogens is 2. The van der Waals surface area contributed by atoms with Crippen LogP contribution < -0.4 is 5.32 Å². The van der Waals surface area contributed by atoms with Gasteiger partial charge in [-0.15, -0.1) is 11.3 Å². The average molecular weight is 437 g/mol. The molecule has 2 aliphatic rings. The number of amides is 1. The molecule has 0 bridgehead atoms. The summed E-state index contributed by atoms with van der Waals surface area (Å²) in [6, 6.07) is 10.9. The summed E-state index contributed by atoms with van der Waals surface area (Å²) in [6.45, 7) is 7.77. The Balaban J connectivity index is 1.31. The predicted octanol–water partition coefficient (Wildman–Crippen LogP) is 4.50. The minimum atomic E-state index is 0.00592. The predicted molar refractivity (Wildman–Crippen MR) is 125 cm³/mol. The first kappa shape index (κ1) is 20.4. The molecule has 1 aliphatic carbocycles. The van der Waals surface area contributed by atoms with Crippen LogP contribution in [0.15, 0.2) is 35.7 Å². The van der Waals surface area contributed by atoms with E-state index in [1.165, 1.54) is 29.8 Å². The van der Waals surface area contributed by atoms with Gasteiger partial charge < -0.3 is 14.6 Å². The van der Waals surface area contributed by atoms with Crippen molar-refractivity contribution in [1.82, 2.24) is 14.5 Å². The van der Waals surface area contributed by atoms with Crippen LogP contribution in [0.4, 0.5) is 5.69 Å². The molecular formula is C24H28N4O2S. The molecule has 0 atom stereocenters. The monoisotopic (exact) mass is 436 g/mol. The van der Waals surface area contributed by atoms with Gasteiger partial charge >= 0.3 is 0 Å². The maximum atomic E-state index is 12.4. The number of anilines is 1. The number of carbonyl (C=O) groups is 1. The molecule has 0 radical (unpaired) electrons. The van der Waals surface area contributed by atoms with E-state index in [2.05, 4.69) is 40.1 Å². The van der Waals surface area contributed by atoms with E-state index in [0.29, 0.717) is 25.8 Å². The lowest BCUT2D eigenvalue weighted by Crippen LogP contribution is -2.41. The number of ether oxygens (including phenoxy) is 1. The van der Waals surface area contributed by atoms with Gasteiger partial charge in [-0.1, -0.05) is 12.1 Å². The minimum Gasteiger partial charge on any atom is -0.379 e. The van der Waals surface area contributed by atoms with Gasteiger partial charge in [0.1, 0.15) is 5.01 Å². The van der Waals surface area contributed by atoms with Crippen molar-refractivity contribution in [2.24, 2.45) is 0 Å². The van der Waals surface area contributed by atoms with Crippen molar-refractivity contribution in [2.75, 3.05) is 38.2 Å². The fraction of sp³-hybridized carbons (Fsp3) is 0.417. The van der Waals surface area contributed by atoms with Crippen LogP contribution in [0, 0.1) is 13.8 Å². The molecule has 6 nitrogen and oxygen atoms in total. The quantitative estimate of drug-likeness (QED) is 0.618. The molecule has 1 aromatic carbocycles. The second-order valence-electron chi connectivity index (χ2n) is 8.44. The van der Waals surface area contributed by atoms with E-state index in [1.807, 2.05) is 24.3 Å². The van der Waals surface area contributed by atoms with Crippen LogP contribution >= 0.6 is 11.3 Å². The maximum absolute atomic E-state index is 12.4. The molecule has 162 valence electrons. The number of hydrogen-bond acceptors (Lipinski definition) is 5. The molecule has 2 fully saturated rings. The molecule has 1 aliphatic heterocycles. The fourth-order valence-electron chi connectivity index (χ4n) is 4.35. The van der Waals surface area contributed by atoms with Gasteiger partial charge in [-0.05, 0) is 44.9 Å². The highest BCUT2D eigenvalue weighted by atomic mass is 32.1. The second-order valence-corrected chi connectivity index (χ2v) is 9.30. The van der Waals surface area contributed by atoms with E-state index < -0.39 is 0 Å². The summed E-state index contributed by atoms with van der Waals surface area (Å²) in [5.41, 5.74) is 6.70. The highest BCUT2D eigenvalue weighted by molar-refractivity contribution is 7.13. The van der Waals surface area contributed by atoms with Crippen LogP contribution in [0.2, 0.25) is 0 Å². The summed E-state index contributed by atoms with van der Waals surface area (Å²) < 4.78 is 7.80. The normalized spacial score (nSPS) is 17.1. The van der Waals surface area contributed by atoms with Gasteiger partial charge in [0.15, 0.2) is 0 Å². The highest BCUT2D eigenvalue weighted by Crippen LogP contribution is 2.41. The van der Waals surface area contributed by atoms with Gasteiger partial charge in [0.05, 0.1) is 25.5 Å². The van der Waals surface area contributed by atoms with Crippen LogP contribution in [0.3, 0.4) is 0 Å². The van der Waals surface area contributed by atoms with Crippen molar-refractivity contribution in [2.45, 2.75) is 32.7 Å². The Morgan fingerprint density at radius 3 is 2.81 bits per heavy atom. The smallest absolute Gasteiger partial charge is 0.238 e. The number of nitrogens with one attached hydrogen (secondary N) is 1. The van der Waals surface area contributed by atoms with Crippen molar-refractivity contribution in [3.63, 3.8) is 0 Å². The first-order valence-electron chi connectivity index (χ1n) is 10.9. The lowest BCUT2D eigenvalue weighted by atomic mass is 10.2. The molecule has 3 heterocycles. The molecule has 5 rings (SSSR count). The summed E-state index contributed by atoms with van der Waals surface area (Å²) >= 11 is 1.65. The molecular weight excluding hydrogens is 408 g/mol. The molecule has 31 heavy (non-hydrogen) atoms. The van der Waals surface area contributed by atoms with Crippen LogP contribution in [-0.4, -0.2) is 53.2 Å². The Hall–Kier alpha value is -2.48. The zero-order valence-corrected chi connectivity index (χ0v) is 18.9. The minimum absolute atomic E-state index is 0.00592. The van der Waals surface area contributed by atoms with Gasteiger partial charge in [0.2, 0.25) is 5.91 Å². The Morgan fingerprint density at radius 1 is 1.23 bits per heavy atom. The van der Waals surface area contributed by atoms with Crippen LogP contribution in [0.1, 0.15) is 30.3 Å². The number of aryl methyl sites for hydroxylation is 1. The zero-order valence-electron chi connectivity index (χ0n) is 18.1. The highest BCUT2D eigenvalue weighted by Gasteiger charge is 2.27. The molecule has 1 saturated carbocycles. The molecule has 1 N–H and O–H groups in total. The number of rotatable bonds is 6. The van der Waals surface area contributed by atoms with Gasteiger partial charge in [-0.3, -0.25) is 9.69 Å². The number of morpholine rings is 1. The summed E-state index contributed by atoms with van der Waals surface area (Å²) in [5, 5.41) is 6.13. The third kappa shape index (κ3) is 4.44. The zero-order chi connectivity index (χ0) is 21.4. The maximum Gasteiger partial charge on any atom is 0.238 e. The average Bonchev–Trinajstić information content (AvgIpc) is 3.38. The third-order valence-electron chi connectivity index (χ3n) is 6.04. The lowest BCUT2D eigenvalue weighted by molar-refractivity contribution is -0.118. The number of carbonyl (C=O) groups excluding carboxylic acids is 1. The van der Waals surface area contributed by atoms with Crippen LogP contribution in [-0.2, 0) is 9.53 Å². The van der Waals surface area contributed by atoms with Crippen LogP contribution in [0.25, 0.3) is 21.8 Å². The Morgan fingerprint density at radius 2 is 2.03 bits per heavy atom.